The Labute approximate surface area is 134 Å². The summed E-state index contributed by atoms with van der Waals surface area (Å²) in [6.45, 7) is 3.16. The summed E-state index contributed by atoms with van der Waals surface area (Å²) in [5.41, 5.74) is 3.56. The highest BCUT2D eigenvalue weighted by atomic mass is 35.5. The Morgan fingerprint density at radius 3 is 2.24 bits per heavy atom. The predicted octanol–water partition coefficient (Wildman–Crippen LogP) is 4.12. The monoisotopic (exact) mass is 318 g/mol. The Morgan fingerprint density at radius 2 is 1.52 bits per heavy atom. The van der Waals surface area contributed by atoms with Crippen LogP contribution in [0.25, 0.3) is 0 Å². The van der Waals surface area contributed by atoms with Crippen molar-refractivity contribution < 1.29 is 8.85 Å². The van der Waals surface area contributed by atoms with Gasteiger partial charge in [0.15, 0.2) is 0 Å². The molecule has 0 aromatic heterocycles. The Morgan fingerprint density at radius 1 is 0.905 bits per heavy atom. The normalized spacial score (nSPS) is 12.3. The summed E-state index contributed by atoms with van der Waals surface area (Å²) in [4.78, 5) is 0. The van der Waals surface area contributed by atoms with E-state index in [0.717, 1.165) is 17.5 Å². The van der Waals surface area contributed by atoms with E-state index in [-0.39, 0.29) is 15.4 Å². The fraction of sp³-hybridized carbons (Fsp3) is 0.294. The van der Waals surface area contributed by atoms with Crippen molar-refractivity contribution in [1.82, 2.24) is 0 Å². The summed E-state index contributed by atoms with van der Waals surface area (Å²) in [7, 11) is 0.0500. The van der Waals surface area contributed by atoms with Gasteiger partial charge in [-0.15, -0.1) is 11.6 Å². The summed E-state index contributed by atoms with van der Waals surface area (Å²) in [5.74, 6) is 0. The van der Waals surface area contributed by atoms with Crippen LogP contribution in [0.1, 0.15) is 23.6 Å². The summed E-state index contributed by atoms with van der Waals surface area (Å²) in [6.07, 6.45) is 0.877. The van der Waals surface area contributed by atoms with Gasteiger partial charge in [-0.3, -0.25) is 0 Å². The highest BCUT2D eigenvalue weighted by Crippen LogP contribution is 2.11. The molecular formula is C17H19ClO2Si. The van der Waals surface area contributed by atoms with Gasteiger partial charge in [0.2, 0.25) is 0 Å². The molecule has 2 radical (unpaired) electrons. The van der Waals surface area contributed by atoms with Gasteiger partial charge in [-0.2, -0.15) is 0 Å². The van der Waals surface area contributed by atoms with Gasteiger partial charge in [0.25, 0.3) is 0 Å². The maximum Gasteiger partial charge on any atom is 0.434 e. The topological polar surface area (TPSA) is 18.5 Å². The van der Waals surface area contributed by atoms with Crippen LogP contribution in [0.3, 0.4) is 0 Å². The van der Waals surface area contributed by atoms with Crippen molar-refractivity contribution in [3.05, 3.63) is 71.3 Å². The number of hydrogen-bond acceptors (Lipinski definition) is 2. The molecule has 2 aromatic carbocycles. The molecule has 0 heterocycles. The molecule has 0 fully saturated rings. The first-order valence-corrected chi connectivity index (χ1v) is 8.24. The van der Waals surface area contributed by atoms with E-state index < -0.39 is 0 Å². The van der Waals surface area contributed by atoms with E-state index in [1.165, 1.54) is 5.56 Å². The summed E-state index contributed by atoms with van der Waals surface area (Å²) in [5, 5.41) is 0.150. The van der Waals surface area contributed by atoms with Crippen LogP contribution in [0.5, 0.6) is 0 Å². The summed E-state index contributed by atoms with van der Waals surface area (Å²) >= 11 is 6.02. The highest BCUT2D eigenvalue weighted by molar-refractivity contribution is 6.20. The van der Waals surface area contributed by atoms with Crippen molar-refractivity contribution in [2.45, 2.75) is 31.9 Å². The zero-order valence-corrected chi connectivity index (χ0v) is 13.8. The lowest BCUT2D eigenvalue weighted by molar-refractivity contribution is 0.207. The third-order valence-electron chi connectivity index (χ3n) is 2.95. The number of benzene rings is 2. The largest absolute Gasteiger partial charge is 0.434 e. The number of halogens is 1. The first-order valence-electron chi connectivity index (χ1n) is 6.98. The van der Waals surface area contributed by atoms with E-state index in [1.807, 2.05) is 43.3 Å². The predicted molar refractivity (Wildman–Crippen MR) is 87.2 cm³/mol. The van der Waals surface area contributed by atoms with Crippen LogP contribution in [0, 0.1) is 0 Å². The first kappa shape index (κ1) is 16.2. The van der Waals surface area contributed by atoms with E-state index in [9.17, 15) is 0 Å². The molecule has 1 unspecified atom stereocenters. The van der Waals surface area contributed by atoms with Gasteiger partial charge in [0, 0.05) is 5.38 Å². The maximum absolute atomic E-state index is 6.02. The molecule has 2 nitrogen and oxygen atoms in total. The van der Waals surface area contributed by atoms with Gasteiger partial charge in [-0.25, -0.2) is 0 Å². The third-order valence-corrected chi connectivity index (χ3v) is 3.63. The second-order valence-electron chi connectivity index (χ2n) is 4.95. The minimum Gasteiger partial charge on any atom is -0.388 e. The zero-order chi connectivity index (χ0) is 14.9. The summed E-state index contributed by atoms with van der Waals surface area (Å²) in [6, 6.07) is 18.4. The molecule has 0 bridgehead atoms. The molecule has 0 spiro atoms. The molecule has 2 rings (SSSR count). The average Bonchev–Trinajstić information content (AvgIpc) is 2.48. The van der Waals surface area contributed by atoms with Crippen LogP contribution in [-0.4, -0.2) is 15.4 Å². The standard InChI is InChI=1S/C17H19ClO2Si/c1-14(18)10-16-8-5-9-17(11-16)13-20-21-19-12-15-6-3-2-4-7-15/h2-9,11,14H,10,12-13H2,1H3. The van der Waals surface area contributed by atoms with Crippen LogP contribution < -0.4 is 0 Å². The molecule has 4 heteroatoms. The second kappa shape index (κ2) is 9.00. The number of hydrogen-bond donors (Lipinski definition) is 0. The van der Waals surface area contributed by atoms with Crippen LogP contribution in [0.15, 0.2) is 54.6 Å². The molecular weight excluding hydrogens is 300 g/mol. The lowest BCUT2D eigenvalue weighted by atomic mass is 10.1. The smallest absolute Gasteiger partial charge is 0.388 e. The van der Waals surface area contributed by atoms with Crippen molar-refractivity contribution >= 4 is 21.6 Å². The first-order chi connectivity index (χ1) is 10.2. The van der Waals surface area contributed by atoms with E-state index >= 15 is 0 Å². The number of alkyl halides is 1. The molecule has 0 aliphatic rings. The molecule has 0 aliphatic heterocycles. The van der Waals surface area contributed by atoms with Crippen molar-refractivity contribution in [3.63, 3.8) is 0 Å². The Hall–Kier alpha value is -1.13. The molecule has 1 atom stereocenters. The zero-order valence-electron chi connectivity index (χ0n) is 12.1. The average molecular weight is 319 g/mol. The second-order valence-corrected chi connectivity index (χ2v) is 6.44. The third kappa shape index (κ3) is 6.44. The van der Waals surface area contributed by atoms with Crippen LogP contribution in [-0.2, 0) is 28.5 Å². The van der Waals surface area contributed by atoms with E-state index in [4.69, 9.17) is 20.5 Å². The fourth-order valence-electron chi connectivity index (χ4n) is 2.01. The molecule has 110 valence electrons. The fourth-order valence-corrected chi connectivity index (χ4v) is 2.73. The molecule has 0 aliphatic carbocycles. The van der Waals surface area contributed by atoms with Crippen LogP contribution in [0.2, 0.25) is 0 Å². The highest BCUT2D eigenvalue weighted by Gasteiger charge is 2.02. The van der Waals surface area contributed by atoms with Crippen molar-refractivity contribution in [3.8, 4) is 0 Å². The molecule has 21 heavy (non-hydrogen) atoms. The Balaban J connectivity index is 1.69. The van der Waals surface area contributed by atoms with Crippen molar-refractivity contribution in [2.24, 2.45) is 0 Å². The van der Waals surface area contributed by atoms with Gasteiger partial charge in [-0.05, 0) is 30.0 Å². The SMILES string of the molecule is CC(Cl)Cc1cccc(CO[Si]OCc2ccccc2)c1. The van der Waals surface area contributed by atoms with Crippen LogP contribution >= 0.6 is 11.6 Å². The molecule has 0 saturated carbocycles. The maximum atomic E-state index is 6.02. The van der Waals surface area contributed by atoms with Crippen LogP contribution in [0.4, 0.5) is 0 Å². The van der Waals surface area contributed by atoms with E-state index in [2.05, 4.69) is 18.2 Å². The van der Waals surface area contributed by atoms with Gasteiger partial charge in [0.1, 0.15) is 0 Å². The lowest BCUT2D eigenvalue weighted by Gasteiger charge is -2.07. The Kier molecular flexibility index (Phi) is 6.96. The van der Waals surface area contributed by atoms with Gasteiger partial charge < -0.3 is 8.85 Å². The van der Waals surface area contributed by atoms with Gasteiger partial charge in [-0.1, -0.05) is 54.6 Å². The van der Waals surface area contributed by atoms with E-state index in [1.54, 1.807) is 0 Å². The van der Waals surface area contributed by atoms with Gasteiger partial charge >= 0.3 is 10.0 Å². The molecule has 0 N–H and O–H groups in total. The minimum absolute atomic E-state index is 0.0500. The number of rotatable bonds is 8. The molecule has 2 aromatic rings. The molecule has 0 amide bonds. The van der Waals surface area contributed by atoms with Crippen molar-refractivity contribution in [2.75, 3.05) is 0 Å². The lowest BCUT2D eigenvalue weighted by Crippen LogP contribution is -2.05. The summed E-state index contributed by atoms with van der Waals surface area (Å²) < 4.78 is 11.1. The minimum atomic E-state index is 0.0500. The molecule has 0 saturated heterocycles. The van der Waals surface area contributed by atoms with Crippen molar-refractivity contribution in [1.29, 1.82) is 0 Å². The Bertz CT molecular complexity index is 531. The van der Waals surface area contributed by atoms with Gasteiger partial charge in [0.05, 0.1) is 13.2 Å². The van der Waals surface area contributed by atoms with E-state index in [0.29, 0.717) is 13.2 Å². The quantitative estimate of drug-likeness (QED) is 0.414.